The van der Waals surface area contributed by atoms with Crippen LogP contribution in [-0.2, 0) is 16.6 Å². The number of thiophene rings is 1. The van der Waals surface area contributed by atoms with E-state index in [1.54, 1.807) is 6.07 Å². The molecule has 1 heterocycles. The Balaban J connectivity index is 2.03. The highest BCUT2D eigenvalue weighted by atomic mass is 32.2. The van der Waals surface area contributed by atoms with Gasteiger partial charge in [-0.2, -0.15) is 0 Å². The van der Waals surface area contributed by atoms with Crippen LogP contribution in [0.25, 0.3) is 0 Å². The molecule has 120 valence electrons. The molecular weight excluding hydrogens is 304 g/mol. The number of sulfonamides is 1. The summed E-state index contributed by atoms with van der Waals surface area (Å²) >= 11 is 1.50. The molecule has 0 saturated heterocycles. The number of hydrogen-bond acceptors (Lipinski definition) is 4. The zero-order valence-electron chi connectivity index (χ0n) is 12.9. The first-order valence-electron chi connectivity index (χ1n) is 7.74. The second-order valence-corrected chi connectivity index (χ2v) is 8.92. The van der Waals surface area contributed by atoms with Gasteiger partial charge in [0.25, 0.3) is 0 Å². The van der Waals surface area contributed by atoms with E-state index in [0.717, 1.165) is 24.3 Å². The smallest absolute Gasteiger partial charge is 0.241 e. The molecule has 0 atom stereocenters. The fourth-order valence-corrected chi connectivity index (χ4v) is 5.48. The Morgan fingerprint density at radius 1 is 1.29 bits per heavy atom. The quantitative estimate of drug-likeness (QED) is 0.807. The van der Waals surface area contributed by atoms with Gasteiger partial charge in [-0.15, -0.1) is 11.3 Å². The van der Waals surface area contributed by atoms with Gasteiger partial charge in [0, 0.05) is 18.0 Å². The zero-order chi connectivity index (χ0) is 15.3. The van der Waals surface area contributed by atoms with Gasteiger partial charge in [0.05, 0.1) is 4.90 Å². The summed E-state index contributed by atoms with van der Waals surface area (Å²) in [5.41, 5.74) is 0.114. The molecule has 21 heavy (non-hydrogen) atoms. The van der Waals surface area contributed by atoms with Gasteiger partial charge in [-0.05, 0) is 36.2 Å². The van der Waals surface area contributed by atoms with Crippen molar-refractivity contribution in [1.82, 2.24) is 10.0 Å². The van der Waals surface area contributed by atoms with Crippen molar-refractivity contribution in [3.05, 3.63) is 16.3 Å². The average Bonchev–Trinajstić information content (AvgIpc) is 2.93. The fourth-order valence-electron chi connectivity index (χ4n) is 2.86. The Hall–Kier alpha value is -0.430. The van der Waals surface area contributed by atoms with E-state index in [1.165, 1.54) is 30.6 Å². The second kappa shape index (κ2) is 7.22. The molecule has 0 aliphatic heterocycles. The highest BCUT2D eigenvalue weighted by molar-refractivity contribution is 7.89. The maximum atomic E-state index is 12.5. The standard InChI is InChI=1S/C15H26N2O2S2/c1-3-16-11-13-14(7-10-20-13)21(18,19)17-12-15(2)8-5-4-6-9-15/h7,10,16-17H,3-6,8-9,11-12H2,1-2H3. The molecule has 6 heteroatoms. The van der Waals surface area contributed by atoms with Crippen LogP contribution in [0.1, 0.15) is 50.8 Å². The van der Waals surface area contributed by atoms with Gasteiger partial charge in [0.1, 0.15) is 0 Å². The van der Waals surface area contributed by atoms with E-state index < -0.39 is 10.0 Å². The SMILES string of the molecule is CCNCc1sccc1S(=O)(=O)NCC1(C)CCCCC1. The number of nitrogens with one attached hydrogen (secondary N) is 2. The number of rotatable bonds is 7. The third-order valence-electron chi connectivity index (χ3n) is 4.28. The van der Waals surface area contributed by atoms with Crippen LogP contribution in [-0.4, -0.2) is 21.5 Å². The van der Waals surface area contributed by atoms with E-state index in [4.69, 9.17) is 0 Å². The van der Waals surface area contributed by atoms with Crippen LogP contribution in [0.5, 0.6) is 0 Å². The monoisotopic (exact) mass is 330 g/mol. The van der Waals surface area contributed by atoms with E-state index in [-0.39, 0.29) is 5.41 Å². The Labute approximate surface area is 132 Å². The molecule has 0 radical (unpaired) electrons. The molecule has 0 bridgehead atoms. The summed E-state index contributed by atoms with van der Waals surface area (Å²) in [4.78, 5) is 1.33. The van der Waals surface area contributed by atoms with Gasteiger partial charge in [0.2, 0.25) is 10.0 Å². The van der Waals surface area contributed by atoms with E-state index in [2.05, 4.69) is 17.0 Å². The lowest BCUT2D eigenvalue weighted by Gasteiger charge is -2.33. The molecule has 0 unspecified atom stereocenters. The third-order valence-corrected chi connectivity index (χ3v) is 6.82. The lowest BCUT2D eigenvalue weighted by Crippen LogP contribution is -2.37. The lowest BCUT2D eigenvalue weighted by molar-refractivity contribution is 0.219. The number of hydrogen-bond donors (Lipinski definition) is 2. The summed E-state index contributed by atoms with van der Waals surface area (Å²) < 4.78 is 27.9. The van der Waals surface area contributed by atoms with Gasteiger partial charge in [-0.1, -0.05) is 33.1 Å². The highest BCUT2D eigenvalue weighted by Crippen LogP contribution is 2.35. The molecular formula is C15H26N2O2S2. The lowest BCUT2D eigenvalue weighted by atomic mass is 9.76. The normalized spacial score (nSPS) is 18.8. The van der Waals surface area contributed by atoms with Crippen molar-refractivity contribution in [2.45, 2.75) is 57.4 Å². The minimum absolute atomic E-state index is 0.114. The van der Waals surface area contributed by atoms with E-state index in [9.17, 15) is 8.42 Å². The van der Waals surface area contributed by atoms with Crippen molar-refractivity contribution in [2.75, 3.05) is 13.1 Å². The van der Waals surface area contributed by atoms with Crippen molar-refractivity contribution >= 4 is 21.4 Å². The summed E-state index contributed by atoms with van der Waals surface area (Å²) in [7, 11) is -3.40. The highest BCUT2D eigenvalue weighted by Gasteiger charge is 2.29. The molecule has 0 amide bonds. The summed E-state index contributed by atoms with van der Waals surface area (Å²) in [6, 6.07) is 1.71. The fraction of sp³-hybridized carbons (Fsp3) is 0.733. The van der Waals surface area contributed by atoms with Crippen LogP contribution in [0.15, 0.2) is 16.3 Å². The predicted octanol–water partition coefficient (Wildman–Crippen LogP) is 3.11. The summed E-state index contributed by atoms with van der Waals surface area (Å²) in [6.45, 7) is 6.21. The molecule has 0 aromatic carbocycles. The molecule has 1 aromatic heterocycles. The van der Waals surface area contributed by atoms with Gasteiger partial charge in [-0.3, -0.25) is 0 Å². The van der Waals surface area contributed by atoms with E-state index >= 15 is 0 Å². The minimum Gasteiger partial charge on any atom is -0.312 e. The summed E-state index contributed by atoms with van der Waals surface area (Å²) in [5.74, 6) is 0. The molecule has 1 aliphatic carbocycles. The first kappa shape index (κ1) is 16.9. The molecule has 1 fully saturated rings. The van der Waals surface area contributed by atoms with Crippen LogP contribution >= 0.6 is 11.3 Å². The van der Waals surface area contributed by atoms with Crippen LogP contribution in [0.4, 0.5) is 0 Å². The Bertz CT molecular complexity index is 546. The second-order valence-electron chi connectivity index (χ2n) is 6.18. The third kappa shape index (κ3) is 4.52. The van der Waals surface area contributed by atoms with Gasteiger partial charge < -0.3 is 5.32 Å². The minimum atomic E-state index is -3.40. The predicted molar refractivity (Wildman–Crippen MR) is 88.1 cm³/mol. The van der Waals surface area contributed by atoms with Gasteiger partial charge >= 0.3 is 0 Å². The molecule has 1 saturated carbocycles. The van der Waals surface area contributed by atoms with Crippen molar-refractivity contribution in [3.63, 3.8) is 0 Å². The average molecular weight is 331 g/mol. The first-order chi connectivity index (χ1) is 9.97. The van der Waals surface area contributed by atoms with Crippen LogP contribution in [0.3, 0.4) is 0 Å². The first-order valence-corrected chi connectivity index (χ1v) is 10.1. The maximum Gasteiger partial charge on any atom is 0.241 e. The van der Waals surface area contributed by atoms with Gasteiger partial charge in [-0.25, -0.2) is 13.1 Å². The Kier molecular flexibility index (Phi) is 5.82. The Morgan fingerprint density at radius 3 is 2.67 bits per heavy atom. The van der Waals surface area contributed by atoms with Crippen LogP contribution < -0.4 is 10.0 Å². The van der Waals surface area contributed by atoms with Crippen molar-refractivity contribution in [2.24, 2.45) is 5.41 Å². The zero-order valence-corrected chi connectivity index (χ0v) is 14.6. The van der Waals surface area contributed by atoms with Crippen LogP contribution in [0, 0.1) is 5.41 Å². The van der Waals surface area contributed by atoms with Crippen LogP contribution in [0.2, 0.25) is 0 Å². The summed E-state index contributed by atoms with van der Waals surface area (Å²) in [6.07, 6.45) is 5.93. The van der Waals surface area contributed by atoms with Crippen molar-refractivity contribution in [1.29, 1.82) is 0 Å². The van der Waals surface area contributed by atoms with Gasteiger partial charge in [0.15, 0.2) is 0 Å². The molecule has 2 N–H and O–H groups in total. The topological polar surface area (TPSA) is 58.2 Å². The molecule has 0 spiro atoms. The molecule has 4 nitrogen and oxygen atoms in total. The summed E-state index contributed by atoms with van der Waals surface area (Å²) in [5, 5.41) is 5.05. The van der Waals surface area contributed by atoms with Crippen molar-refractivity contribution < 1.29 is 8.42 Å². The largest absolute Gasteiger partial charge is 0.312 e. The Morgan fingerprint density at radius 2 is 2.00 bits per heavy atom. The molecule has 1 aliphatic rings. The van der Waals surface area contributed by atoms with E-state index in [0.29, 0.717) is 18.0 Å². The maximum absolute atomic E-state index is 12.5. The van der Waals surface area contributed by atoms with Crippen molar-refractivity contribution in [3.8, 4) is 0 Å². The molecule has 1 aromatic rings. The molecule has 2 rings (SSSR count). The van der Waals surface area contributed by atoms with E-state index in [1.807, 2.05) is 12.3 Å².